The van der Waals surface area contributed by atoms with E-state index in [0.29, 0.717) is 11.5 Å². The average Bonchev–Trinajstić information content (AvgIpc) is 3.04. The normalized spacial score (nSPS) is 20.2. The molecule has 0 saturated heterocycles. The summed E-state index contributed by atoms with van der Waals surface area (Å²) < 4.78 is 0. The van der Waals surface area contributed by atoms with Crippen molar-refractivity contribution in [2.45, 2.75) is 31.2 Å². The molecular weight excluding hydrogens is 290 g/mol. The number of aromatic carboxylic acids is 1. The van der Waals surface area contributed by atoms with Crippen molar-refractivity contribution in [1.29, 1.82) is 0 Å². The Bertz CT molecular complexity index is 712. The lowest BCUT2D eigenvalue weighted by molar-refractivity contribution is 0.0697. The number of benzene rings is 2. The summed E-state index contributed by atoms with van der Waals surface area (Å²) in [5, 5.41) is 12.1. The summed E-state index contributed by atoms with van der Waals surface area (Å²) in [6.45, 7) is 0. The van der Waals surface area contributed by atoms with Gasteiger partial charge in [0.25, 0.3) is 5.91 Å². The summed E-state index contributed by atoms with van der Waals surface area (Å²) >= 11 is 0. The Balaban J connectivity index is 1.74. The highest BCUT2D eigenvalue weighted by Gasteiger charge is 2.29. The van der Waals surface area contributed by atoms with E-state index in [1.807, 2.05) is 18.2 Å². The largest absolute Gasteiger partial charge is 0.478 e. The molecule has 0 bridgehead atoms. The number of carboxylic acids is 1. The van der Waals surface area contributed by atoms with E-state index in [1.54, 1.807) is 12.1 Å². The van der Waals surface area contributed by atoms with Crippen LogP contribution in [-0.4, -0.2) is 23.0 Å². The summed E-state index contributed by atoms with van der Waals surface area (Å²) in [4.78, 5) is 23.5. The molecule has 1 fully saturated rings. The highest BCUT2D eigenvalue weighted by Crippen LogP contribution is 2.34. The summed E-state index contributed by atoms with van der Waals surface area (Å²) in [6, 6.07) is 16.5. The maximum Gasteiger partial charge on any atom is 0.335 e. The van der Waals surface area contributed by atoms with Crippen LogP contribution >= 0.6 is 0 Å². The van der Waals surface area contributed by atoms with E-state index < -0.39 is 5.97 Å². The SMILES string of the molecule is O=C(O)c1cccc(C(=O)N[C@@H]2CCC[C@H]2c2ccccc2)c1. The van der Waals surface area contributed by atoms with E-state index in [2.05, 4.69) is 17.4 Å². The lowest BCUT2D eigenvalue weighted by atomic mass is 9.94. The first-order valence-electron chi connectivity index (χ1n) is 7.84. The molecule has 0 spiro atoms. The zero-order valence-electron chi connectivity index (χ0n) is 12.7. The monoisotopic (exact) mass is 309 g/mol. The van der Waals surface area contributed by atoms with E-state index >= 15 is 0 Å². The zero-order chi connectivity index (χ0) is 16.2. The number of carbonyl (C=O) groups is 2. The quantitative estimate of drug-likeness (QED) is 0.909. The molecule has 118 valence electrons. The minimum atomic E-state index is -1.03. The number of hydrogen-bond acceptors (Lipinski definition) is 2. The van der Waals surface area contributed by atoms with Gasteiger partial charge in [0.05, 0.1) is 5.56 Å². The van der Waals surface area contributed by atoms with E-state index in [9.17, 15) is 9.59 Å². The fourth-order valence-corrected chi connectivity index (χ4v) is 3.28. The summed E-state index contributed by atoms with van der Waals surface area (Å²) in [5.41, 5.74) is 1.77. The molecule has 23 heavy (non-hydrogen) atoms. The number of hydrogen-bond donors (Lipinski definition) is 2. The molecule has 1 amide bonds. The van der Waals surface area contributed by atoms with Crippen LogP contribution in [0.15, 0.2) is 54.6 Å². The Labute approximate surface area is 135 Å². The summed E-state index contributed by atoms with van der Waals surface area (Å²) in [7, 11) is 0. The van der Waals surface area contributed by atoms with Gasteiger partial charge in [-0.05, 0) is 36.6 Å². The molecule has 2 aromatic carbocycles. The van der Waals surface area contributed by atoms with Crippen molar-refractivity contribution in [2.75, 3.05) is 0 Å². The maximum absolute atomic E-state index is 12.4. The molecule has 4 nitrogen and oxygen atoms in total. The smallest absolute Gasteiger partial charge is 0.335 e. The number of rotatable bonds is 4. The number of carbonyl (C=O) groups excluding carboxylic acids is 1. The molecule has 2 atom stereocenters. The van der Waals surface area contributed by atoms with E-state index in [4.69, 9.17) is 5.11 Å². The number of amides is 1. The highest BCUT2D eigenvalue weighted by molar-refractivity contribution is 5.97. The van der Waals surface area contributed by atoms with Crippen LogP contribution < -0.4 is 5.32 Å². The lowest BCUT2D eigenvalue weighted by Crippen LogP contribution is -2.36. The second-order valence-corrected chi connectivity index (χ2v) is 5.91. The van der Waals surface area contributed by atoms with Crippen LogP contribution in [-0.2, 0) is 0 Å². The van der Waals surface area contributed by atoms with Crippen molar-refractivity contribution >= 4 is 11.9 Å². The van der Waals surface area contributed by atoms with Crippen molar-refractivity contribution in [3.05, 3.63) is 71.3 Å². The second-order valence-electron chi connectivity index (χ2n) is 5.91. The third kappa shape index (κ3) is 3.42. The molecule has 1 aliphatic carbocycles. The summed E-state index contributed by atoms with van der Waals surface area (Å²) in [6.07, 6.45) is 3.09. The van der Waals surface area contributed by atoms with Crippen molar-refractivity contribution < 1.29 is 14.7 Å². The predicted molar refractivity (Wildman–Crippen MR) is 87.7 cm³/mol. The van der Waals surface area contributed by atoms with Gasteiger partial charge >= 0.3 is 5.97 Å². The van der Waals surface area contributed by atoms with Gasteiger partial charge in [-0.25, -0.2) is 4.79 Å². The van der Waals surface area contributed by atoms with E-state index in [-0.39, 0.29) is 17.5 Å². The van der Waals surface area contributed by atoms with E-state index in [1.165, 1.54) is 17.7 Å². The molecule has 4 heteroatoms. The first-order chi connectivity index (χ1) is 11.1. The minimum Gasteiger partial charge on any atom is -0.478 e. The number of carboxylic acid groups (broad SMARTS) is 1. The van der Waals surface area contributed by atoms with Crippen LogP contribution in [0.2, 0.25) is 0 Å². The van der Waals surface area contributed by atoms with Gasteiger partial charge in [-0.3, -0.25) is 4.79 Å². The Morgan fingerprint density at radius 1 is 0.957 bits per heavy atom. The molecule has 0 heterocycles. The Hall–Kier alpha value is -2.62. The molecule has 2 aromatic rings. The molecule has 1 saturated carbocycles. The van der Waals surface area contributed by atoms with Gasteiger partial charge in [-0.1, -0.05) is 42.8 Å². The van der Waals surface area contributed by atoms with Gasteiger partial charge in [-0.2, -0.15) is 0 Å². The zero-order valence-corrected chi connectivity index (χ0v) is 12.7. The van der Waals surface area contributed by atoms with Crippen LogP contribution in [0.25, 0.3) is 0 Å². The molecule has 0 aromatic heterocycles. The van der Waals surface area contributed by atoms with Gasteiger partial charge < -0.3 is 10.4 Å². The van der Waals surface area contributed by atoms with E-state index in [0.717, 1.165) is 19.3 Å². The van der Waals surface area contributed by atoms with Crippen LogP contribution in [0.3, 0.4) is 0 Å². The fraction of sp³-hybridized carbons (Fsp3) is 0.263. The Morgan fingerprint density at radius 3 is 2.43 bits per heavy atom. The van der Waals surface area contributed by atoms with Crippen LogP contribution in [0.1, 0.15) is 51.5 Å². The molecule has 3 rings (SSSR count). The molecule has 0 aliphatic heterocycles. The Kier molecular flexibility index (Phi) is 4.42. The van der Waals surface area contributed by atoms with Crippen molar-refractivity contribution in [3.8, 4) is 0 Å². The van der Waals surface area contributed by atoms with Crippen molar-refractivity contribution in [3.63, 3.8) is 0 Å². The molecule has 0 radical (unpaired) electrons. The van der Waals surface area contributed by atoms with Crippen LogP contribution in [0.5, 0.6) is 0 Å². The van der Waals surface area contributed by atoms with Crippen molar-refractivity contribution in [1.82, 2.24) is 5.32 Å². The maximum atomic E-state index is 12.4. The predicted octanol–water partition coefficient (Wildman–Crippen LogP) is 3.45. The lowest BCUT2D eigenvalue weighted by Gasteiger charge is -2.21. The van der Waals surface area contributed by atoms with Gasteiger partial charge in [0, 0.05) is 17.5 Å². The van der Waals surface area contributed by atoms with Gasteiger partial charge in [0.1, 0.15) is 0 Å². The van der Waals surface area contributed by atoms with Gasteiger partial charge in [0.2, 0.25) is 0 Å². The van der Waals surface area contributed by atoms with Crippen molar-refractivity contribution in [2.24, 2.45) is 0 Å². The van der Waals surface area contributed by atoms with Gasteiger partial charge in [0.15, 0.2) is 0 Å². The van der Waals surface area contributed by atoms with Gasteiger partial charge in [-0.15, -0.1) is 0 Å². The second kappa shape index (κ2) is 6.65. The third-order valence-corrected chi connectivity index (χ3v) is 4.43. The average molecular weight is 309 g/mol. The topological polar surface area (TPSA) is 66.4 Å². The molecule has 0 unspecified atom stereocenters. The molecule has 2 N–H and O–H groups in total. The Morgan fingerprint density at radius 2 is 1.70 bits per heavy atom. The molecular formula is C19H19NO3. The standard InChI is InChI=1S/C19H19NO3/c21-18(14-8-4-9-15(12-14)19(22)23)20-17-11-5-10-16(17)13-6-2-1-3-7-13/h1-4,6-9,12,16-17H,5,10-11H2,(H,20,21)(H,22,23)/t16-,17+/m0/s1. The molecule has 1 aliphatic rings. The first kappa shape index (κ1) is 15.3. The fourth-order valence-electron chi connectivity index (χ4n) is 3.28. The number of nitrogens with one attached hydrogen (secondary N) is 1. The van der Waals surface area contributed by atoms with Crippen LogP contribution in [0, 0.1) is 0 Å². The highest BCUT2D eigenvalue weighted by atomic mass is 16.4. The minimum absolute atomic E-state index is 0.0957. The third-order valence-electron chi connectivity index (χ3n) is 4.43. The van der Waals surface area contributed by atoms with Crippen LogP contribution in [0.4, 0.5) is 0 Å². The summed E-state index contributed by atoms with van der Waals surface area (Å²) in [5.74, 6) is -0.911. The first-order valence-corrected chi connectivity index (χ1v) is 7.84.